The summed E-state index contributed by atoms with van der Waals surface area (Å²) in [5.74, 6) is 1.63. The molecule has 0 radical (unpaired) electrons. The maximum absolute atomic E-state index is 4.53. The van der Waals surface area contributed by atoms with E-state index in [-0.39, 0.29) is 0 Å². The Labute approximate surface area is 102 Å². The van der Waals surface area contributed by atoms with Gasteiger partial charge in [0.05, 0.1) is 6.54 Å². The van der Waals surface area contributed by atoms with E-state index in [9.17, 15) is 0 Å². The lowest BCUT2D eigenvalue weighted by atomic mass is 9.86. The lowest BCUT2D eigenvalue weighted by molar-refractivity contribution is 0.781. The van der Waals surface area contributed by atoms with Crippen LogP contribution < -0.4 is 5.32 Å². The van der Waals surface area contributed by atoms with Crippen molar-refractivity contribution in [2.24, 2.45) is 10.9 Å². The molecule has 2 heteroatoms. The van der Waals surface area contributed by atoms with Crippen LogP contribution in [-0.2, 0) is 6.42 Å². The van der Waals surface area contributed by atoms with Crippen molar-refractivity contribution >= 4 is 11.9 Å². The molecule has 0 saturated carbocycles. The first-order chi connectivity index (χ1) is 8.34. The van der Waals surface area contributed by atoms with E-state index in [0.717, 1.165) is 13.1 Å². The Morgan fingerprint density at radius 1 is 1.24 bits per heavy atom. The van der Waals surface area contributed by atoms with Crippen molar-refractivity contribution in [2.45, 2.75) is 19.8 Å². The number of nitrogens with one attached hydrogen (secondary N) is 1. The van der Waals surface area contributed by atoms with Crippen LogP contribution in [0.3, 0.4) is 0 Å². The van der Waals surface area contributed by atoms with Gasteiger partial charge in [0.2, 0.25) is 0 Å². The summed E-state index contributed by atoms with van der Waals surface area (Å²) < 4.78 is 0. The molecule has 17 heavy (non-hydrogen) atoms. The number of hydrogen-bond acceptors (Lipinski definition) is 2. The quantitative estimate of drug-likeness (QED) is 0.823. The molecule has 1 aromatic carbocycles. The second-order valence-corrected chi connectivity index (χ2v) is 4.83. The fraction of sp³-hybridized carbons (Fsp3) is 0.400. The van der Waals surface area contributed by atoms with E-state index in [1.54, 1.807) is 0 Å². The molecule has 0 bridgehead atoms. The number of amidine groups is 1. The van der Waals surface area contributed by atoms with Gasteiger partial charge in [-0.2, -0.15) is 0 Å². The number of hydrogen-bond donors (Lipinski definition) is 1. The molecule has 1 unspecified atom stereocenters. The first-order valence-corrected chi connectivity index (χ1v) is 6.41. The van der Waals surface area contributed by atoms with Crippen LogP contribution in [0.5, 0.6) is 0 Å². The molecule has 1 aliphatic carbocycles. The van der Waals surface area contributed by atoms with Crippen LogP contribution in [0, 0.1) is 5.92 Å². The summed E-state index contributed by atoms with van der Waals surface area (Å²) in [6.45, 7) is 4.20. The fourth-order valence-corrected chi connectivity index (χ4v) is 2.68. The Morgan fingerprint density at radius 2 is 2.12 bits per heavy atom. The smallest absolute Gasteiger partial charge is 0.103 e. The predicted molar refractivity (Wildman–Crippen MR) is 72.2 cm³/mol. The Kier molecular flexibility index (Phi) is 2.71. The Bertz CT molecular complexity index is 485. The maximum atomic E-state index is 4.53. The van der Waals surface area contributed by atoms with Crippen LogP contribution in [0.2, 0.25) is 0 Å². The standard InChI is InChI=1S/C15H18N2/c1-11(15-16-8-9-17-15)13-7-6-12-4-2-3-5-14(12)10-13/h2-5,10-11H,6-9H2,1H3,(H,16,17). The molecule has 1 aliphatic heterocycles. The third-order valence-electron chi connectivity index (χ3n) is 3.75. The first-order valence-electron chi connectivity index (χ1n) is 6.41. The zero-order chi connectivity index (χ0) is 11.7. The monoisotopic (exact) mass is 226 g/mol. The number of aliphatic imine (C=N–C) groups is 1. The van der Waals surface area contributed by atoms with Crippen molar-refractivity contribution in [1.29, 1.82) is 0 Å². The molecule has 1 heterocycles. The van der Waals surface area contributed by atoms with Gasteiger partial charge in [-0.05, 0) is 24.0 Å². The molecule has 1 atom stereocenters. The molecule has 0 aromatic heterocycles. The minimum absolute atomic E-state index is 0.450. The topological polar surface area (TPSA) is 24.4 Å². The highest BCUT2D eigenvalue weighted by Gasteiger charge is 2.20. The van der Waals surface area contributed by atoms with E-state index in [2.05, 4.69) is 47.6 Å². The van der Waals surface area contributed by atoms with Gasteiger partial charge in [0.1, 0.15) is 5.84 Å². The third-order valence-corrected chi connectivity index (χ3v) is 3.75. The third kappa shape index (κ3) is 1.99. The summed E-state index contributed by atoms with van der Waals surface area (Å²) >= 11 is 0. The highest BCUT2D eigenvalue weighted by Crippen LogP contribution is 2.28. The molecule has 0 amide bonds. The zero-order valence-electron chi connectivity index (χ0n) is 10.2. The van der Waals surface area contributed by atoms with Crippen molar-refractivity contribution < 1.29 is 0 Å². The van der Waals surface area contributed by atoms with Crippen LogP contribution in [0.1, 0.15) is 24.5 Å². The molecule has 1 N–H and O–H groups in total. The summed E-state index contributed by atoms with van der Waals surface area (Å²) in [5, 5.41) is 3.39. The second-order valence-electron chi connectivity index (χ2n) is 4.83. The van der Waals surface area contributed by atoms with E-state index < -0.39 is 0 Å². The van der Waals surface area contributed by atoms with Crippen molar-refractivity contribution in [3.8, 4) is 0 Å². The first kappa shape index (κ1) is 10.6. The number of nitrogens with zero attached hydrogens (tertiary/aromatic N) is 1. The Morgan fingerprint density at radius 3 is 2.94 bits per heavy atom. The average molecular weight is 226 g/mol. The minimum Gasteiger partial charge on any atom is -0.371 e. The molecule has 0 fully saturated rings. The van der Waals surface area contributed by atoms with Gasteiger partial charge in [-0.1, -0.05) is 42.8 Å². The van der Waals surface area contributed by atoms with Gasteiger partial charge in [-0.15, -0.1) is 0 Å². The average Bonchev–Trinajstić information content (AvgIpc) is 2.91. The fourth-order valence-electron chi connectivity index (χ4n) is 2.68. The summed E-state index contributed by atoms with van der Waals surface area (Å²) in [7, 11) is 0. The van der Waals surface area contributed by atoms with Gasteiger partial charge < -0.3 is 5.32 Å². The molecule has 0 saturated heterocycles. The van der Waals surface area contributed by atoms with Gasteiger partial charge in [0.25, 0.3) is 0 Å². The van der Waals surface area contributed by atoms with Crippen molar-refractivity contribution in [3.63, 3.8) is 0 Å². The molecular weight excluding hydrogens is 208 g/mol. The molecule has 88 valence electrons. The summed E-state index contributed by atoms with van der Waals surface area (Å²) in [6.07, 6.45) is 4.69. The lowest BCUT2D eigenvalue weighted by Gasteiger charge is -2.21. The molecule has 0 spiro atoms. The maximum Gasteiger partial charge on any atom is 0.103 e. The molecule has 2 aliphatic rings. The van der Waals surface area contributed by atoms with Gasteiger partial charge in [0, 0.05) is 12.5 Å². The molecule has 2 nitrogen and oxygen atoms in total. The van der Waals surface area contributed by atoms with Crippen LogP contribution in [0.4, 0.5) is 0 Å². The Hall–Kier alpha value is -1.57. The normalized spacial score (nSPS) is 20.1. The van der Waals surface area contributed by atoms with E-state index in [4.69, 9.17) is 0 Å². The van der Waals surface area contributed by atoms with Gasteiger partial charge in [-0.3, -0.25) is 4.99 Å². The summed E-state index contributed by atoms with van der Waals surface area (Å²) in [4.78, 5) is 4.53. The molecule has 3 rings (SSSR count). The predicted octanol–water partition coefficient (Wildman–Crippen LogP) is 2.65. The largest absolute Gasteiger partial charge is 0.371 e. The highest BCUT2D eigenvalue weighted by atomic mass is 15.1. The van der Waals surface area contributed by atoms with Crippen LogP contribution in [0.25, 0.3) is 6.08 Å². The number of rotatable bonds is 2. The van der Waals surface area contributed by atoms with Crippen LogP contribution in [0.15, 0.2) is 34.8 Å². The highest BCUT2D eigenvalue weighted by molar-refractivity contribution is 5.89. The number of aryl methyl sites for hydroxylation is 1. The van der Waals surface area contributed by atoms with Gasteiger partial charge in [-0.25, -0.2) is 0 Å². The van der Waals surface area contributed by atoms with Gasteiger partial charge in [0.15, 0.2) is 0 Å². The van der Waals surface area contributed by atoms with Crippen LogP contribution >= 0.6 is 0 Å². The lowest BCUT2D eigenvalue weighted by Crippen LogP contribution is -2.27. The number of fused-ring (bicyclic) bond motifs is 1. The SMILES string of the molecule is CC(C1=Cc2ccccc2CC1)C1=NCCN1. The molecular formula is C15H18N2. The molecule has 1 aromatic rings. The van der Waals surface area contributed by atoms with Crippen molar-refractivity contribution in [2.75, 3.05) is 13.1 Å². The van der Waals surface area contributed by atoms with E-state index in [1.807, 2.05) is 0 Å². The van der Waals surface area contributed by atoms with E-state index in [0.29, 0.717) is 5.92 Å². The minimum atomic E-state index is 0.450. The summed E-state index contributed by atoms with van der Waals surface area (Å²) in [6, 6.07) is 8.70. The van der Waals surface area contributed by atoms with Crippen molar-refractivity contribution in [3.05, 3.63) is 41.0 Å². The van der Waals surface area contributed by atoms with Crippen molar-refractivity contribution in [1.82, 2.24) is 5.32 Å². The Balaban J connectivity index is 1.88. The summed E-state index contributed by atoms with van der Waals surface area (Å²) in [5.41, 5.74) is 4.38. The van der Waals surface area contributed by atoms with Gasteiger partial charge >= 0.3 is 0 Å². The second kappa shape index (κ2) is 4.36. The van der Waals surface area contributed by atoms with E-state index in [1.165, 1.54) is 35.4 Å². The van der Waals surface area contributed by atoms with E-state index >= 15 is 0 Å². The zero-order valence-corrected chi connectivity index (χ0v) is 10.2. The van der Waals surface area contributed by atoms with Crippen LogP contribution in [-0.4, -0.2) is 18.9 Å². The number of benzene rings is 1.